The number of nitrogens with zero attached hydrogens (tertiary/aromatic N) is 2. The number of hydrogen-bond acceptors (Lipinski definition) is 3. The second-order valence-corrected chi connectivity index (χ2v) is 6.50. The Morgan fingerprint density at radius 2 is 1.81 bits per heavy atom. The number of benzene rings is 2. The maximum absolute atomic E-state index is 12.8. The van der Waals surface area contributed by atoms with Gasteiger partial charge in [-0.25, -0.2) is 4.79 Å². The number of unbranched alkanes of at least 4 members (excludes halogenated alkanes) is 1. The summed E-state index contributed by atoms with van der Waals surface area (Å²) in [6.45, 7) is 2.82. The van der Waals surface area contributed by atoms with E-state index in [4.69, 9.17) is 0 Å². The summed E-state index contributed by atoms with van der Waals surface area (Å²) < 4.78 is 1.82. The SMILES string of the molecule is CCCCn1nc(C(=O)N[C@@H](Cc2ccccc2)C(=O)O)c2ccccc21. The van der Waals surface area contributed by atoms with Crippen molar-refractivity contribution in [1.82, 2.24) is 15.1 Å². The molecule has 6 heteroatoms. The minimum atomic E-state index is -1.07. The molecule has 0 unspecified atom stereocenters. The number of aryl methyl sites for hydroxylation is 1. The fraction of sp³-hybridized carbons (Fsp3) is 0.286. The minimum absolute atomic E-state index is 0.219. The molecule has 0 bridgehead atoms. The molecule has 1 heterocycles. The summed E-state index contributed by atoms with van der Waals surface area (Å²) in [7, 11) is 0. The molecule has 1 amide bonds. The van der Waals surface area contributed by atoms with Crippen LogP contribution in [0.25, 0.3) is 10.9 Å². The highest BCUT2D eigenvalue weighted by molar-refractivity contribution is 6.05. The van der Waals surface area contributed by atoms with E-state index in [0.29, 0.717) is 0 Å². The number of para-hydroxylation sites is 1. The van der Waals surface area contributed by atoms with Gasteiger partial charge in [-0.15, -0.1) is 0 Å². The maximum atomic E-state index is 12.8. The summed E-state index contributed by atoms with van der Waals surface area (Å²) in [4.78, 5) is 24.4. The van der Waals surface area contributed by atoms with E-state index in [1.807, 2.05) is 59.3 Å². The van der Waals surface area contributed by atoms with Crippen molar-refractivity contribution in [2.24, 2.45) is 0 Å². The number of nitrogens with one attached hydrogen (secondary N) is 1. The Bertz CT molecular complexity index is 934. The van der Waals surface area contributed by atoms with Gasteiger partial charge in [-0.05, 0) is 18.1 Å². The number of carbonyl (C=O) groups excluding carboxylic acids is 1. The maximum Gasteiger partial charge on any atom is 0.326 e. The lowest BCUT2D eigenvalue weighted by Gasteiger charge is -2.14. The second kappa shape index (κ2) is 8.49. The van der Waals surface area contributed by atoms with Crippen molar-refractivity contribution in [3.8, 4) is 0 Å². The van der Waals surface area contributed by atoms with Crippen LogP contribution in [0.4, 0.5) is 0 Å². The highest BCUT2D eigenvalue weighted by Gasteiger charge is 2.24. The van der Waals surface area contributed by atoms with Crippen molar-refractivity contribution in [3.63, 3.8) is 0 Å². The van der Waals surface area contributed by atoms with Gasteiger partial charge in [0, 0.05) is 18.4 Å². The third-order valence-electron chi connectivity index (χ3n) is 4.48. The Kier molecular flexibility index (Phi) is 5.86. The molecule has 0 spiro atoms. The highest BCUT2D eigenvalue weighted by Crippen LogP contribution is 2.19. The van der Waals surface area contributed by atoms with Crippen molar-refractivity contribution >= 4 is 22.8 Å². The van der Waals surface area contributed by atoms with Crippen molar-refractivity contribution < 1.29 is 14.7 Å². The largest absolute Gasteiger partial charge is 0.480 e. The van der Waals surface area contributed by atoms with E-state index in [1.54, 1.807) is 0 Å². The normalized spacial score (nSPS) is 12.0. The molecule has 1 atom stereocenters. The predicted octanol–water partition coefficient (Wildman–Crippen LogP) is 3.26. The zero-order valence-electron chi connectivity index (χ0n) is 15.3. The Labute approximate surface area is 157 Å². The Morgan fingerprint density at radius 3 is 2.52 bits per heavy atom. The number of amides is 1. The molecule has 0 saturated carbocycles. The fourth-order valence-corrected chi connectivity index (χ4v) is 3.05. The average Bonchev–Trinajstić information content (AvgIpc) is 3.05. The van der Waals surface area contributed by atoms with E-state index in [2.05, 4.69) is 17.3 Å². The molecular weight excluding hydrogens is 342 g/mol. The summed E-state index contributed by atoms with van der Waals surface area (Å²) in [6, 6.07) is 15.8. The minimum Gasteiger partial charge on any atom is -0.480 e. The van der Waals surface area contributed by atoms with Gasteiger partial charge in [0.1, 0.15) is 6.04 Å². The van der Waals surface area contributed by atoms with Gasteiger partial charge in [0.25, 0.3) is 5.91 Å². The lowest BCUT2D eigenvalue weighted by atomic mass is 10.1. The van der Waals surface area contributed by atoms with Gasteiger partial charge in [-0.3, -0.25) is 9.48 Å². The van der Waals surface area contributed by atoms with E-state index in [0.717, 1.165) is 35.9 Å². The van der Waals surface area contributed by atoms with Crippen LogP contribution in [-0.4, -0.2) is 32.8 Å². The molecule has 0 radical (unpaired) electrons. The van der Waals surface area contributed by atoms with Crippen molar-refractivity contribution in [3.05, 3.63) is 65.9 Å². The van der Waals surface area contributed by atoms with Crippen LogP contribution < -0.4 is 5.32 Å². The lowest BCUT2D eigenvalue weighted by molar-refractivity contribution is -0.139. The molecule has 2 N–H and O–H groups in total. The van der Waals surface area contributed by atoms with Gasteiger partial charge < -0.3 is 10.4 Å². The molecule has 6 nitrogen and oxygen atoms in total. The van der Waals surface area contributed by atoms with Crippen LogP contribution in [0.1, 0.15) is 35.8 Å². The number of carboxylic acid groups (broad SMARTS) is 1. The number of carboxylic acids is 1. The molecule has 3 rings (SSSR count). The lowest BCUT2D eigenvalue weighted by Crippen LogP contribution is -2.42. The van der Waals surface area contributed by atoms with E-state index < -0.39 is 17.9 Å². The average molecular weight is 365 g/mol. The van der Waals surface area contributed by atoms with Crippen molar-refractivity contribution in [2.75, 3.05) is 0 Å². The topological polar surface area (TPSA) is 84.2 Å². The van der Waals surface area contributed by atoms with E-state index >= 15 is 0 Å². The van der Waals surface area contributed by atoms with E-state index in [1.165, 1.54) is 0 Å². The molecule has 1 aromatic heterocycles. The fourth-order valence-electron chi connectivity index (χ4n) is 3.05. The first-order valence-corrected chi connectivity index (χ1v) is 9.13. The van der Waals surface area contributed by atoms with Crippen LogP contribution in [0.15, 0.2) is 54.6 Å². The predicted molar refractivity (Wildman–Crippen MR) is 104 cm³/mol. The first-order chi connectivity index (χ1) is 13.1. The summed E-state index contributed by atoms with van der Waals surface area (Å²) in [5, 5.41) is 17.3. The van der Waals surface area contributed by atoms with Crippen LogP contribution in [0.2, 0.25) is 0 Å². The third kappa shape index (κ3) is 4.34. The van der Waals surface area contributed by atoms with E-state index in [9.17, 15) is 14.7 Å². The summed E-state index contributed by atoms with van der Waals surface area (Å²) in [5.74, 6) is -1.54. The van der Waals surface area contributed by atoms with Crippen LogP contribution in [0, 0.1) is 0 Å². The van der Waals surface area contributed by atoms with Crippen molar-refractivity contribution in [2.45, 2.75) is 38.8 Å². The zero-order valence-corrected chi connectivity index (χ0v) is 15.3. The first-order valence-electron chi connectivity index (χ1n) is 9.13. The molecular formula is C21H23N3O3. The monoisotopic (exact) mass is 365 g/mol. The molecule has 0 aliphatic carbocycles. The molecule has 0 aliphatic heterocycles. The zero-order chi connectivity index (χ0) is 19.2. The third-order valence-corrected chi connectivity index (χ3v) is 4.48. The number of rotatable bonds is 8. The Morgan fingerprint density at radius 1 is 1.11 bits per heavy atom. The molecule has 2 aromatic carbocycles. The molecule has 140 valence electrons. The van der Waals surface area contributed by atoms with Crippen LogP contribution in [0.3, 0.4) is 0 Å². The van der Waals surface area contributed by atoms with Crippen LogP contribution in [-0.2, 0) is 17.8 Å². The van der Waals surface area contributed by atoms with Crippen LogP contribution in [0.5, 0.6) is 0 Å². The summed E-state index contributed by atoms with van der Waals surface area (Å²) in [6.07, 6.45) is 2.20. The van der Waals surface area contributed by atoms with Gasteiger partial charge in [-0.2, -0.15) is 5.10 Å². The number of fused-ring (bicyclic) bond motifs is 1. The second-order valence-electron chi connectivity index (χ2n) is 6.50. The van der Waals surface area contributed by atoms with Crippen molar-refractivity contribution in [1.29, 1.82) is 0 Å². The molecule has 0 saturated heterocycles. The Hall–Kier alpha value is -3.15. The molecule has 0 aliphatic rings. The quantitative estimate of drug-likeness (QED) is 0.642. The summed E-state index contributed by atoms with van der Waals surface area (Å²) in [5.41, 5.74) is 2.00. The number of aromatic nitrogens is 2. The summed E-state index contributed by atoms with van der Waals surface area (Å²) >= 11 is 0. The first kappa shape index (κ1) is 18.6. The molecule has 3 aromatic rings. The van der Waals surface area contributed by atoms with E-state index in [-0.39, 0.29) is 12.1 Å². The molecule has 27 heavy (non-hydrogen) atoms. The number of carbonyl (C=O) groups is 2. The van der Waals surface area contributed by atoms with Gasteiger partial charge in [0.15, 0.2) is 5.69 Å². The van der Waals surface area contributed by atoms with Gasteiger partial charge >= 0.3 is 5.97 Å². The number of hydrogen-bond donors (Lipinski definition) is 2. The molecule has 0 fully saturated rings. The Balaban J connectivity index is 1.85. The van der Waals surface area contributed by atoms with Gasteiger partial charge in [-0.1, -0.05) is 61.9 Å². The number of aliphatic carboxylic acids is 1. The van der Waals surface area contributed by atoms with Gasteiger partial charge in [0.2, 0.25) is 0 Å². The van der Waals surface area contributed by atoms with Gasteiger partial charge in [0.05, 0.1) is 5.52 Å². The standard InChI is InChI=1S/C21H23N3O3/c1-2-3-13-24-18-12-8-7-11-16(18)19(23-24)20(25)22-17(21(26)27)14-15-9-5-4-6-10-15/h4-12,17H,2-3,13-14H2,1H3,(H,22,25)(H,26,27)/t17-/m0/s1. The highest BCUT2D eigenvalue weighted by atomic mass is 16.4. The van der Waals surface area contributed by atoms with Crippen LogP contribution >= 0.6 is 0 Å². The smallest absolute Gasteiger partial charge is 0.326 e.